The van der Waals surface area contributed by atoms with Gasteiger partial charge in [-0.1, -0.05) is 29.8 Å². The smallest absolute Gasteiger partial charge is 0.319 e. The standard InChI is InChI=1S/C25H31ClN6O/c1-31(2)23-14-24(30-21-6-4-3-5-20(21)23)29-18-8-10-19(11-9-18)32(25(28)33)22-12-7-17(26)13-16(22)15-27/h3-7,12-14,18-19H,8-11,15,27H2,1-2H3,(H2,28,33)(H,29,30)/t18-,19+. The molecular weight excluding hydrogens is 436 g/mol. The average molecular weight is 467 g/mol. The molecular formula is C25H31ClN6O. The molecule has 0 spiro atoms. The van der Waals surface area contributed by atoms with Crippen LogP contribution in [0.3, 0.4) is 0 Å². The van der Waals surface area contributed by atoms with Crippen LogP contribution in [-0.2, 0) is 6.54 Å². The van der Waals surface area contributed by atoms with Gasteiger partial charge in [0.2, 0.25) is 0 Å². The maximum Gasteiger partial charge on any atom is 0.319 e. The van der Waals surface area contributed by atoms with E-state index in [4.69, 9.17) is 28.1 Å². The molecule has 1 aromatic heterocycles. The van der Waals surface area contributed by atoms with Crippen molar-refractivity contribution in [2.24, 2.45) is 11.5 Å². The van der Waals surface area contributed by atoms with Crippen LogP contribution in [0.2, 0.25) is 5.02 Å². The molecule has 0 atom stereocenters. The van der Waals surface area contributed by atoms with Crippen molar-refractivity contribution in [3.05, 3.63) is 59.1 Å². The zero-order valence-corrected chi connectivity index (χ0v) is 19.8. The number of halogens is 1. The van der Waals surface area contributed by atoms with Gasteiger partial charge in [-0.25, -0.2) is 9.78 Å². The summed E-state index contributed by atoms with van der Waals surface area (Å²) < 4.78 is 0. The van der Waals surface area contributed by atoms with E-state index in [0.717, 1.165) is 59.3 Å². The van der Waals surface area contributed by atoms with E-state index in [2.05, 4.69) is 22.3 Å². The Morgan fingerprint density at radius 1 is 1.09 bits per heavy atom. The number of amides is 2. The van der Waals surface area contributed by atoms with Crippen molar-refractivity contribution < 1.29 is 4.79 Å². The predicted octanol–water partition coefficient (Wildman–Crippen LogP) is 4.72. The second-order valence-corrected chi connectivity index (χ2v) is 9.21. The van der Waals surface area contributed by atoms with Gasteiger partial charge in [0.05, 0.1) is 11.2 Å². The van der Waals surface area contributed by atoms with Crippen molar-refractivity contribution >= 4 is 45.7 Å². The lowest BCUT2D eigenvalue weighted by atomic mass is 9.89. The molecule has 5 N–H and O–H groups in total. The summed E-state index contributed by atoms with van der Waals surface area (Å²) in [5.41, 5.74) is 15.4. The molecule has 3 aromatic rings. The number of primary amides is 1. The van der Waals surface area contributed by atoms with Crippen molar-refractivity contribution in [1.29, 1.82) is 0 Å². The van der Waals surface area contributed by atoms with Gasteiger partial charge in [-0.3, -0.25) is 4.90 Å². The van der Waals surface area contributed by atoms with Crippen LogP contribution in [0.25, 0.3) is 10.9 Å². The summed E-state index contributed by atoms with van der Waals surface area (Å²) in [7, 11) is 4.09. The monoisotopic (exact) mass is 466 g/mol. The van der Waals surface area contributed by atoms with Crippen LogP contribution >= 0.6 is 11.6 Å². The maximum absolute atomic E-state index is 12.4. The number of para-hydroxylation sites is 1. The minimum Gasteiger partial charge on any atom is -0.377 e. The first-order valence-corrected chi connectivity index (χ1v) is 11.7. The molecule has 1 saturated carbocycles. The van der Waals surface area contributed by atoms with Crippen molar-refractivity contribution in [2.45, 2.75) is 44.3 Å². The van der Waals surface area contributed by atoms with Gasteiger partial charge < -0.3 is 21.7 Å². The second-order valence-electron chi connectivity index (χ2n) is 8.77. The van der Waals surface area contributed by atoms with Gasteiger partial charge in [0.15, 0.2) is 0 Å². The molecule has 8 heteroatoms. The number of nitrogens with zero attached hydrogens (tertiary/aromatic N) is 3. The number of anilines is 3. The number of hydrogen-bond donors (Lipinski definition) is 3. The van der Waals surface area contributed by atoms with E-state index in [0.29, 0.717) is 11.6 Å². The Morgan fingerprint density at radius 2 is 1.82 bits per heavy atom. The number of benzene rings is 2. The van der Waals surface area contributed by atoms with Gasteiger partial charge in [0.25, 0.3) is 0 Å². The topological polar surface area (TPSA) is 101 Å². The number of hydrogen-bond acceptors (Lipinski definition) is 5. The quantitative estimate of drug-likeness (QED) is 0.488. The summed E-state index contributed by atoms with van der Waals surface area (Å²) in [5, 5.41) is 5.34. The molecule has 1 fully saturated rings. The fourth-order valence-electron chi connectivity index (χ4n) is 4.74. The Labute approximate surface area is 199 Å². The minimum atomic E-state index is -0.463. The summed E-state index contributed by atoms with van der Waals surface area (Å²) in [6.07, 6.45) is 3.49. The number of nitrogens with two attached hydrogens (primary N) is 2. The van der Waals surface area contributed by atoms with Crippen LogP contribution < -0.4 is 26.6 Å². The van der Waals surface area contributed by atoms with Crippen molar-refractivity contribution in [3.63, 3.8) is 0 Å². The number of fused-ring (bicyclic) bond motifs is 1. The van der Waals surface area contributed by atoms with Crippen LogP contribution in [0, 0.1) is 0 Å². The van der Waals surface area contributed by atoms with Crippen molar-refractivity contribution in [2.75, 3.05) is 29.2 Å². The highest BCUT2D eigenvalue weighted by Gasteiger charge is 2.30. The third-order valence-electron chi connectivity index (χ3n) is 6.35. The first-order chi connectivity index (χ1) is 15.9. The van der Waals surface area contributed by atoms with Crippen molar-refractivity contribution in [3.8, 4) is 0 Å². The Balaban J connectivity index is 1.49. The molecule has 1 aliphatic carbocycles. The van der Waals surface area contributed by atoms with Crippen LogP contribution in [0.5, 0.6) is 0 Å². The number of aromatic nitrogens is 1. The Hall–Kier alpha value is -3.03. The van der Waals surface area contributed by atoms with E-state index >= 15 is 0 Å². The summed E-state index contributed by atoms with van der Waals surface area (Å²) in [4.78, 5) is 21.0. The lowest BCUT2D eigenvalue weighted by Gasteiger charge is -2.37. The molecule has 0 aliphatic heterocycles. The van der Waals surface area contributed by atoms with Crippen molar-refractivity contribution in [1.82, 2.24) is 4.98 Å². The SMILES string of the molecule is CN(C)c1cc(N[C@H]2CC[C@@H](N(C(N)=O)c3ccc(Cl)cc3CN)CC2)nc2ccccc12. The van der Waals surface area contributed by atoms with Crippen LogP contribution in [0.1, 0.15) is 31.2 Å². The fourth-order valence-corrected chi connectivity index (χ4v) is 4.93. The highest BCUT2D eigenvalue weighted by molar-refractivity contribution is 6.30. The minimum absolute atomic E-state index is 0.0222. The first kappa shape index (κ1) is 23.1. The lowest BCUT2D eigenvalue weighted by molar-refractivity contribution is 0.248. The zero-order valence-electron chi connectivity index (χ0n) is 19.1. The molecule has 0 saturated heterocycles. The molecule has 174 valence electrons. The highest BCUT2D eigenvalue weighted by Crippen LogP contribution is 2.33. The molecule has 1 heterocycles. The number of urea groups is 1. The Bertz CT molecular complexity index is 1140. The average Bonchev–Trinajstić information content (AvgIpc) is 2.80. The fraction of sp³-hybridized carbons (Fsp3) is 0.360. The highest BCUT2D eigenvalue weighted by atomic mass is 35.5. The summed E-state index contributed by atoms with van der Waals surface area (Å²) in [6.45, 7) is 0.290. The van der Waals surface area contributed by atoms with E-state index in [-0.39, 0.29) is 12.1 Å². The number of pyridine rings is 1. The molecule has 2 amide bonds. The maximum atomic E-state index is 12.4. The molecule has 1 aliphatic rings. The van der Waals surface area contributed by atoms with E-state index < -0.39 is 6.03 Å². The Kier molecular flexibility index (Phi) is 6.91. The Morgan fingerprint density at radius 3 is 2.48 bits per heavy atom. The van der Waals surface area contributed by atoms with Gasteiger partial charge >= 0.3 is 6.03 Å². The van der Waals surface area contributed by atoms with Gasteiger partial charge in [0.1, 0.15) is 5.82 Å². The molecule has 7 nitrogen and oxygen atoms in total. The molecule has 0 radical (unpaired) electrons. The van der Waals surface area contributed by atoms with E-state index in [1.807, 2.05) is 38.4 Å². The summed E-state index contributed by atoms with van der Waals surface area (Å²) in [6, 6.07) is 15.5. The molecule has 0 unspecified atom stereocenters. The molecule has 4 rings (SSSR count). The third-order valence-corrected chi connectivity index (χ3v) is 6.58. The number of rotatable bonds is 6. The molecule has 33 heavy (non-hydrogen) atoms. The summed E-state index contributed by atoms with van der Waals surface area (Å²) >= 11 is 6.12. The van der Waals surface area contributed by atoms with E-state index in [1.165, 1.54) is 0 Å². The number of nitrogens with one attached hydrogen (secondary N) is 1. The van der Waals surface area contributed by atoms with Gasteiger partial charge in [-0.2, -0.15) is 0 Å². The predicted molar refractivity (Wildman–Crippen MR) is 137 cm³/mol. The molecule has 0 bridgehead atoms. The van der Waals surface area contributed by atoms with Gasteiger partial charge in [-0.15, -0.1) is 0 Å². The normalized spacial score (nSPS) is 18.2. The van der Waals surface area contributed by atoms with E-state index in [9.17, 15) is 4.79 Å². The van der Waals surface area contributed by atoms with Gasteiger partial charge in [0, 0.05) is 54.9 Å². The van der Waals surface area contributed by atoms with Crippen LogP contribution in [0.15, 0.2) is 48.5 Å². The first-order valence-electron chi connectivity index (χ1n) is 11.3. The number of carbonyl (C=O) groups excluding carboxylic acids is 1. The van der Waals surface area contributed by atoms with Crippen LogP contribution in [0.4, 0.5) is 22.0 Å². The lowest BCUT2D eigenvalue weighted by Crippen LogP contribution is -2.47. The number of carbonyl (C=O) groups is 1. The third kappa shape index (κ3) is 4.99. The largest absolute Gasteiger partial charge is 0.377 e. The second kappa shape index (κ2) is 9.85. The zero-order chi connectivity index (χ0) is 23.5. The van der Waals surface area contributed by atoms with Gasteiger partial charge in [-0.05, 0) is 55.5 Å². The summed E-state index contributed by atoms with van der Waals surface area (Å²) in [5.74, 6) is 0.871. The molecule has 2 aromatic carbocycles. The van der Waals surface area contributed by atoms with Crippen LogP contribution in [-0.4, -0.2) is 37.2 Å². The van der Waals surface area contributed by atoms with E-state index in [1.54, 1.807) is 17.0 Å².